The number of hydrogen-bond acceptors (Lipinski definition) is 2. The number of halogens is 1. The molecule has 0 radical (unpaired) electrons. The van der Waals surface area contributed by atoms with Crippen molar-refractivity contribution in [3.8, 4) is 0 Å². The summed E-state index contributed by atoms with van der Waals surface area (Å²) in [6, 6.07) is 0. The van der Waals surface area contributed by atoms with Gasteiger partial charge in [-0.1, -0.05) is 0 Å². The fourth-order valence-corrected chi connectivity index (χ4v) is 1.23. The van der Waals surface area contributed by atoms with Gasteiger partial charge in [0.1, 0.15) is 0 Å². The van der Waals surface area contributed by atoms with Gasteiger partial charge in [0.05, 0.1) is 5.91 Å². The zero-order valence-corrected chi connectivity index (χ0v) is 15.2. The minimum absolute atomic E-state index is 0.125. The number of rotatable bonds is 3. The molecule has 1 aliphatic rings. The second-order valence-electron chi connectivity index (χ2n) is 3.12. The first-order valence-corrected chi connectivity index (χ1v) is 12.6. The van der Waals surface area contributed by atoms with Crippen molar-refractivity contribution in [2.75, 3.05) is 26.3 Å². The van der Waals surface area contributed by atoms with Crippen molar-refractivity contribution in [3.63, 3.8) is 0 Å². The van der Waals surface area contributed by atoms with Gasteiger partial charge in [0, 0.05) is 26.3 Å². The van der Waals surface area contributed by atoms with Crippen LogP contribution < -0.4 is 0 Å². The molecule has 3 nitrogen and oxygen atoms in total. The van der Waals surface area contributed by atoms with Crippen LogP contribution in [0.25, 0.3) is 0 Å². The molecule has 16 heavy (non-hydrogen) atoms. The zero-order chi connectivity index (χ0) is 12.8. The van der Waals surface area contributed by atoms with Crippen LogP contribution in [-0.2, 0) is 25.9 Å². The van der Waals surface area contributed by atoms with Crippen LogP contribution in [0.5, 0.6) is 0 Å². The molecule has 0 bridgehead atoms. The summed E-state index contributed by atoms with van der Waals surface area (Å²) in [5.41, 5.74) is 0. The summed E-state index contributed by atoms with van der Waals surface area (Å²) in [6.07, 6.45) is 4.15. The fourth-order valence-electron chi connectivity index (χ4n) is 1.23. The van der Waals surface area contributed by atoms with E-state index < -0.39 is 0 Å². The predicted octanol–water partition coefficient (Wildman–Crippen LogP) is 2.72. The summed E-state index contributed by atoms with van der Waals surface area (Å²) in [5.74, 6) is 0.125. The third kappa shape index (κ3) is 10.9. The Morgan fingerprint density at radius 2 is 1.75 bits per heavy atom. The van der Waals surface area contributed by atoms with Crippen molar-refractivity contribution in [3.05, 3.63) is 6.42 Å². The Morgan fingerprint density at radius 1 is 1.31 bits per heavy atom. The zero-order valence-electron chi connectivity index (χ0n) is 10.7. The van der Waals surface area contributed by atoms with Crippen LogP contribution in [0, 0.1) is 6.42 Å². The summed E-state index contributed by atoms with van der Waals surface area (Å²) in [5, 5.41) is 0. The van der Waals surface area contributed by atoms with E-state index in [9.17, 15) is 4.79 Å². The fraction of sp³-hybridized carbons (Fsp3) is 0.818. The van der Waals surface area contributed by atoms with E-state index in [-0.39, 0.29) is 5.91 Å². The monoisotopic (exact) mass is 343 g/mol. The van der Waals surface area contributed by atoms with Gasteiger partial charge in [-0.05, 0) is 26.7 Å². The van der Waals surface area contributed by atoms with Crippen LogP contribution in [0.3, 0.4) is 0 Å². The molecule has 1 heterocycles. The second-order valence-corrected chi connectivity index (χ2v) is 3.12. The summed E-state index contributed by atoms with van der Waals surface area (Å²) < 4.78 is 4.94. The Balaban J connectivity index is 0. The van der Waals surface area contributed by atoms with E-state index in [2.05, 4.69) is 13.6 Å². The molecule has 0 aromatic rings. The van der Waals surface area contributed by atoms with Crippen molar-refractivity contribution >= 4 is 19.5 Å². The molecule has 0 aromatic heterocycles. The van der Waals surface area contributed by atoms with Gasteiger partial charge < -0.3 is 20.9 Å². The SMILES string of the molecule is C1CCOC1.C[CH-]C(=O)N(CC)CC.[Zn+][Br]. The Bertz CT molecular complexity index is 143. The van der Waals surface area contributed by atoms with Gasteiger partial charge in [-0.15, -0.1) is 0 Å². The molecule has 0 saturated carbocycles. The molecule has 5 heteroatoms. The maximum atomic E-state index is 10.8. The van der Waals surface area contributed by atoms with Crippen LogP contribution in [-0.4, -0.2) is 37.1 Å². The normalized spacial score (nSPS) is 12.9. The molecule has 1 rings (SSSR count). The van der Waals surface area contributed by atoms with Crippen molar-refractivity contribution in [1.82, 2.24) is 4.90 Å². The van der Waals surface area contributed by atoms with Crippen molar-refractivity contribution < 1.29 is 25.9 Å². The molecular weight excluding hydrogens is 323 g/mol. The number of hydrogen-bond donors (Lipinski definition) is 0. The van der Waals surface area contributed by atoms with Crippen LogP contribution in [0.15, 0.2) is 0 Å². The second kappa shape index (κ2) is 15.4. The molecule has 1 saturated heterocycles. The molecule has 0 aromatic carbocycles. The number of amides is 1. The molecule has 0 spiro atoms. The van der Waals surface area contributed by atoms with E-state index >= 15 is 0 Å². The Hall–Kier alpha value is 0.403. The number of ether oxygens (including phenoxy) is 1. The summed E-state index contributed by atoms with van der Waals surface area (Å²) in [6.45, 7) is 9.33. The molecule has 0 N–H and O–H groups in total. The van der Waals surface area contributed by atoms with Gasteiger partial charge in [-0.2, -0.15) is 6.92 Å². The molecular formula is C11H22BrNO2Zn. The molecule has 0 aliphatic carbocycles. The maximum absolute atomic E-state index is 10.8. The van der Waals surface area contributed by atoms with Crippen LogP contribution in [0.1, 0.15) is 33.6 Å². The summed E-state index contributed by atoms with van der Waals surface area (Å²) >= 11 is 4.25. The van der Waals surface area contributed by atoms with Crippen LogP contribution in [0.4, 0.5) is 0 Å². The van der Waals surface area contributed by atoms with E-state index in [4.69, 9.17) is 4.74 Å². The van der Waals surface area contributed by atoms with Crippen LogP contribution >= 0.6 is 13.6 Å². The van der Waals surface area contributed by atoms with E-state index in [1.807, 2.05) is 13.8 Å². The van der Waals surface area contributed by atoms with Crippen molar-refractivity contribution in [1.29, 1.82) is 0 Å². The van der Waals surface area contributed by atoms with Gasteiger partial charge in [0.25, 0.3) is 0 Å². The summed E-state index contributed by atoms with van der Waals surface area (Å²) in [4.78, 5) is 12.6. The third-order valence-corrected chi connectivity index (χ3v) is 2.15. The molecule has 1 aliphatic heterocycles. The molecule has 92 valence electrons. The average Bonchev–Trinajstić information content (AvgIpc) is 2.92. The van der Waals surface area contributed by atoms with E-state index in [0.29, 0.717) is 0 Å². The quantitative estimate of drug-likeness (QED) is 0.581. The average molecular weight is 346 g/mol. The summed E-state index contributed by atoms with van der Waals surface area (Å²) in [7, 11) is 0. The number of carbonyl (C=O) groups is 1. The number of carbonyl (C=O) groups excluding carboxylic acids is 1. The first-order valence-electron chi connectivity index (χ1n) is 5.69. The third-order valence-electron chi connectivity index (χ3n) is 2.15. The standard InChI is InChI=1S/C7H14NO.C4H8O.BrH.Zn/c1-4-7(9)8(5-2)6-3;1-2-4-5-3-1;;/h4H,5-6H2,1-3H3;1-4H2;1H;/q-1;;;+2/p-1. The van der Waals surface area contributed by atoms with Gasteiger partial charge in [0.15, 0.2) is 0 Å². The van der Waals surface area contributed by atoms with Gasteiger partial charge >= 0.3 is 30.0 Å². The topological polar surface area (TPSA) is 29.5 Å². The van der Waals surface area contributed by atoms with E-state index in [0.717, 1.165) is 26.3 Å². The number of nitrogens with zero attached hydrogens (tertiary/aromatic N) is 1. The molecule has 1 fully saturated rings. The Kier molecular flexibility index (Phi) is 18.1. The Morgan fingerprint density at radius 3 is 1.88 bits per heavy atom. The minimum atomic E-state index is 0.125. The van der Waals surface area contributed by atoms with Gasteiger partial charge in [-0.25, -0.2) is 0 Å². The Labute approximate surface area is 116 Å². The van der Waals surface area contributed by atoms with Gasteiger partial charge in [-0.3, -0.25) is 0 Å². The van der Waals surface area contributed by atoms with Crippen molar-refractivity contribution in [2.45, 2.75) is 33.6 Å². The van der Waals surface area contributed by atoms with Crippen molar-refractivity contribution in [2.24, 2.45) is 0 Å². The first-order chi connectivity index (χ1) is 7.76. The van der Waals surface area contributed by atoms with E-state index in [1.54, 1.807) is 18.2 Å². The van der Waals surface area contributed by atoms with Gasteiger partial charge in [0.2, 0.25) is 0 Å². The van der Waals surface area contributed by atoms with Crippen LogP contribution in [0.2, 0.25) is 0 Å². The molecule has 1 amide bonds. The molecule has 0 unspecified atom stereocenters. The first kappa shape index (κ1) is 18.8. The van der Waals surface area contributed by atoms with E-state index in [1.165, 1.54) is 29.2 Å². The predicted molar refractivity (Wildman–Crippen MR) is 66.9 cm³/mol. The molecule has 0 atom stereocenters.